The Bertz CT molecular complexity index is 295. The molecule has 2 rings (SSSR count). The molecule has 1 heterocycles. The minimum absolute atomic E-state index is 0.106. The maximum atomic E-state index is 10.9. The van der Waals surface area contributed by atoms with Crippen molar-refractivity contribution in [1.29, 1.82) is 0 Å². The van der Waals surface area contributed by atoms with Crippen LogP contribution in [-0.2, 0) is 9.53 Å². The van der Waals surface area contributed by atoms with Crippen LogP contribution in [0, 0.1) is 11.3 Å². The summed E-state index contributed by atoms with van der Waals surface area (Å²) in [5.74, 6) is -0.0413. The van der Waals surface area contributed by atoms with Crippen molar-refractivity contribution in [1.82, 2.24) is 0 Å². The van der Waals surface area contributed by atoms with Gasteiger partial charge in [0, 0.05) is 0 Å². The molecule has 17 heavy (non-hydrogen) atoms. The van der Waals surface area contributed by atoms with E-state index in [0.29, 0.717) is 11.8 Å². The standard InChI is InChI=1S/C14H24O3/c1-13(2,3)10-4-7-14(8-5-10)9-6-11(17-14)12(15)16/h10-11H,4-9H2,1-3H3,(H,15,16). The molecule has 0 aromatic heterocycles. The highest BCUT2D eigenvalue weighted by Gasteiger charge is 2.46. The number of carboxylic acid groups (broad SMARTS) is 1. The third-order valence-electron chi connectivity index (χ3n) is 4.65. The lowest BCUT2D eigenvalue weighted by Gasteiger charge is -2.41. The van der Waals surface area contributed by atoms with Crippen molar-refractivity contribution in [3.8, 4) is 0 Å². The Morgan fingerprint density at radius 2 is 1.71 bits per heavy atom. The zero-order valence-corrected chi connectivity index (χ0v) is 11.2. The maximum Gasteiger partial charge on any atom is 0.332 e. The molecular formula is C14H24O3. The monoisotopic (exact) mass is 240 g/mol. The molecule has 1 saturated carbocycles. The normalized spacial score (nSPS) is 38.5. The average molecular weight is 240 g/mol. The van der Waals surface area contributed by atoms with Crippen molar-refractivity contribution in [3.63, 3.8) is 0 Å². The Kier molecular flexibility index (Phi) is 3.23. The van der Waals surface area contributed by atoms with Gasteiger partial charge in [0.1, 0.15) is 0 Å². The molecule has 0 aromatic carbocycles. The molecule has 3 heteroatoms. The molecule has 0 bridgehead atoms. The number of carboxylic acids is 1. The van der Waals surface area contributed by atoms with Gasteiger partial charge in [0.2, 0.25) is 0 Å². The van der Waals surface area contributed by atoms with Gasteiger partial charge in [0.15, 0.2) is 6.10 Å². The zero-order valence-electron chi connectivity index (χ0n) is 11.2. The minimum Gasteiger partial charge on any atom is -0.479 e. The van der Waals surface area contributed by atoms with Gasteiger partial charge in [-0.25, -0.2) is 4.79 Å². The van der Waals surface area contributed by atoms with Gasteiger partial charge in [-0.15, -0.1) is 0 Å². The first-order chi connectivity index (χ1) is 7.82. The minimum atomic E-state index is -0.792. The summed E-state index contributed by atoms with van der Waals surface area (Å²) in [7, 11) is 0. The van der Waals surface area contributed by atoms with Gasteiger partial charge in [-0.3, -0.25) is 0 Å². The molecule has 1 aliphatic carbocycles. The highest BCUT2D eigenvalue weighted by atomic mass is 16.5. The molecule has 1 atom stereocenters. The summed E-state index contributed by atoms with van der Waals surface area (Å²) < 4.78 is 5.81. The van der Waals surface area contributed by atoms with Gasteiger partial charge in [0.25, 0.3) is 0 Å². The van der Waals surface area contributed by atoms with Crippen molar-refractivity contribution in [3.05, 3.63) is 0 Å². The second-order valence-corrected chi connectivity index (χ2v) is 6.81. The second-order valence-electron chi connectivity index (χ2n) is 6.81. The molecule has 1 saturated heterocycles. The molecule has 0 radical (unpaired) electrons. The van der Waals surface area contributed by atoms with Crippen LogP contribution >= 0.6 is 0 Å². The van der Waals surface area contributed by atoms with E-state index in [1.807, 2.05) is 0 Å². The van der Waals surface area contributed by atoms with Crippen LogP contribution in [0.25, 0.3) is 0 Å². The van der Waals surface area contributed by atoms with Crippen LogP contribution in [0.3, 0.4) is 0 Å². The molecule has 1 aliphatic heterocycles. The number of rotatable bonds is 1. The molecule has 0 amide bonds. The summed E-state index contributed by atoms with van der Waals surface area (Å²) in [5, 5.41) is 8.98. The number of hydrogen-bond acceptors (Lipinski definition) is 2. The first-order valence-electron chi connectivity index (χ1n) is 6.73. The van der Waals surface area contributed by atoms with Crippen molar-refractivity contribution in [2.24, 2.45) is 11.3 Å². The van der Waals surface area contributed by atoms with Gasteiger partial charge in [-0.2, -0.15) is 0 Å². The van der Waals surface area contributed by atoms with Crippen molar-refractivity contribution >= 4 is 5.97 Å². The third kappa shape index (κ3) is 2.65. The first kappa shape index (κ1) is 12.9. The summed E-state index contributed by atoms with van der Waals surface area (Å²) in [6.45, 7) is 6.89. The molecule has 1 N–H and O–H groups in total. The smallest absolute Gasteiger partial charge is 0.332 e. The quantitative estimate of drug-likeness (QED) is 0.765. The Hall–Kier alpha value is -0.570. The fourth-order valence-electron chi connectivity index (χ4n) is 3.37. The number of hydrogen-bond donors (Lipinski definition) is 1. The van der Waals surface area contributed by atoms with Crippen LogP contribution in [0.15, 0.2) is 0 Å². The van der Waals surface area contributed by atoms with Gasteiger partial charge in [0.05, 0.1) is 5.60 Å². The van der Waals surface area contributed by atoms with E-state index in [0.717, 1.165) is 25.2 Å². The van der Waals surface area contributed by atoms with E-state index in [9.17, 15) is 4.79 Å². The molecule has 1 unspecified atom stereocenters. The van der Waals surface area contributed by atoms with E-state index in [-0.39, 0.29) is 5.60 Å². The topological polar surface area (TPSA) is 46.5 Å². The highest BCUT2D eigenvalue weighted by molar-refractivity contribution is 5.72. The van der Waals surface area contributed by atoms with Crippen molar-refractivity contribution in [2.75, 3.05) is 0 Å². The maximum absolute atomic E-state index is 10.9. The highest BCUT2D eigenvalue weighted by Crippen LogP contribution is 2.47. The van der Waals surface area contributed by atoms with Crippen molar-refractivity contribution < 1.29 is 14.6 Å². The molecule has 2 fully saturated rings. The van der Waals surface area contributed by atoms with Crippen LogP contribution in [0.1, 0.15) is 59.3 Å². The summed E-state index contributed by atoms with van der Waals surface area (Å²) >= 11 is 0. The third-order valence-corrected chi connectivity index (χ3v) is 4.65. The van der Waals surface area contributed by atoms with E-state index in [1.54, 1.807) is 0 Å². The lowest BCUT2D eigenvalue weighted by Crippen LogP contribution is -2.38. The van der Waals surface area contributed by atoms with Crippen LogP contribution in [0.4, 0.5) is 0 Å². The lowest BCUT2D eigenvalue weighted by molar-refractivity contribution is -0.157. The second kappa shape index (κ2) is 4.27. The van der Waals surface area contributed by atoms with Crippen LogP contribution < -0.4 is 0 Å². The van der Waals surface area contributed by atoms with E-state index in [4.69, 9.17) is 9.84 Å². The summed E-state index contributed by atoms with van der Waals surface area (Å²) in [5.41, 5.74) is 0.261. The van der Waals surface area contributed by atoms with Crippen molar-refractivity contribution in [2.45, 2.75) is 71.0 Å². The fraction of sp³-hybridized carbons (Fsp3) is 0.929. The van der Waals surface area contributed by atoms with E-state index in [1.165, 1.54) is 12.8 Å². The van der Waals surface area contributed by atoms with Gasteiger partial charge >= 0.3 is 5.97 Å². The van der Waals surface area contributed by atoms with Crippen LogP contribution in [0.2, 0.25) is 0 Å². The Balaban J connectivity index is 1.93. The fourth-order valence-corrected chi connectivity index (χ4v) is 3.37. The Morgan fingerprint density at radius 3 is 2.12 bits per heavy atom. The van der Waals surface area contributed by atoms with E-state index >= 15 is 0 Å². The average Bonchev–Trinajstić information content (AvgIpc) is 2.62. The SMILES string of the molecule is CC(C)(C)C1CCC2(CCC(C(=O)O)O2)CC1. The molecule has 2 aliphatic rings. The predicted octanol–water partition coefficient (Wildman–Crippen LogP) is 3.23. The van der Waals surface area contributed by atoms with Gasteiger partial charge in [-0.1, -0.05) is 20.8 Å². The Morgan fingerprint density at radius 1 is 1.18 bits per heavy atom. The molecular weight excluding hydrogens is 216 g/mol. The van der Waals surface area contributed by atoms with E-state index < -0.39 is 12.1 Å². The number of ether oxygens (including phenoxy) is 1. The van der Waals surface area contributed by atoms with Gasteiger partial charge < -0.3 is 9.84 Å². The molecule has 3 nitrogen and oxygen atoms in total. The van der Waals surface area contributed by atoms with Crippen LogP contribution in [0.5, 0.6) is 0 Å². The number of carbonyl (C=O) groups is 1. The summed E-state index contributed by atoms with van der Waals surface area (Å²) in [6.07, 6.45) is 5.50. The molecule has 1 spiro atoms. The predicted molar refractivity (Wildman–Crippen MR) is 65.9 cm³/mol. The molecule has 98 valence electrons. The first-order valence-corrected chi connectivity index (χ1v) is 6.73. The summed E-state index contributed by atoms with van der Waals surface area (Å²) in [6, 6.07) is 0. The molecule has 0 aromatic rings. The largest absolute Gasteiger partial charge is 0.479 e. The Labute approximate surface area is 104 Å². The summed E-state index contributed by atoms with van der Waals surface area (Å²) in [4.78, 5) is 10.9. The lowest BCUT2D eigenvalue weighted by atomic mass is 9.68. The zero-order chi connectivity index (χ0) is 12.7. The van der Waals surface area contributed by atoms with Gasteiger partial charge in [-0.05, 0) is 49.9 Å². The van der Waals surface area contributed by atoms with Crippen LogP contribution in [-0.4, -0.2) is 22.8 Å². The number of aliphatic carboxylic acids is 1. The van der Waals surface area contributed by atoms with E-state index in [2.05, 4.69) is 20.8 Å².